The second kappa shape index (κ2) is 15.7. The number of hydrogen-bond acceptors (Lipinski definition) is 2. The minimum absolute atomic E-state index is 0.183. The Bertz CT molecular complexity index is 3570. The summed E-state index contributed by atoms with van der Waals surface area (Å²) in [5.41, 5.74) is 20.4. The van der Waals surface area contributed by atoms with Crippen LogP contribution in [0.25, 0.3) is 86.6 Å². The Balaban J connectivity index is 0.978. The van der Waals surface area contributed by atoms with E-state index in [1.807, 2.05) is 17.4 Å². The van der Waals surface area contributed by atoms with Crippen LogP contribution in [0.4, 0.5) is 0 Å². The molecule has 11 aromatic rings. The fraction of sp³-hybridized carbons (Fsp3) is 0.129. The lowest BCUT2D eigenvalue weighted by Crippen LogP contribution is -2.10. The molecule has 0 saturated heterocycles. The van der Waals surface area contributed by atoms with E-state index in [9.17, 15) is 0 Å². The minimum Gasteiger partial charge on any atom is -0.456 e. The van der Waals surface area contributed by atoms with Crippen LogP contribution < -0.4 is 0 Å². The number of aryl methyl sites for hydroxylation is 1. The number of rotatable bonds is 7. The van der Waals surface area contributed by atoms with Crippen molar-refractivity contribution in [1.29, 1.82) is 0 Å². The van der Waals surface area contributed by atoms with E-state index in [0.29, 0.717) is 11.8 Å². The Morgan fingerprint density at radius 3 is 2.08 bits per heavy atom. The fourth-order valence-corrected chi connectivity index (χ4v) is 12.2. The zero-order chi connectivity index (χ0) is 42.9. The monoisotopic (exact) mass is 840 g/mol. The molecule has 0 spiro atoms. The molecule has 3 unspecified atom stereocenters. The second-order valence-electron chi connectivity index (χ2n) is 17.9. The largest absolute Gasteiger partial charge is 0.456 e. The quantitative estimate of drug-likeness (QED) is 0.156. The Kier molecular flexibility index (Phi) is 9.46. The van der Waals surface area contributed by atoms with Crippen molar-refractivity contribution in [2.45, 2.75) is 51.4 Å². The van der Waals surface area contributed by atoms with Crippen molar-refractivity contribution in [1.82, 2.24) is 0 Å². The van der Waals surface area contributed by atoms with Crippen LogP contribution in [-0.2, 0) is 6.42 Å². The number of fused-ring (bicyclic) bond motifs is 9. The highest BCUT2D eigenvalue weighted by molar-refractivity contribution is 7.26. The Morgan fingerprint density at radius 1 is 0.531 bits per heavy atom. The summed E-state index contributed by atoms with van der Waals surface area (Å²) in [5, 5.41) is 4.96. The first kappa shape index (κ1) is 38.7. The molecule has 0 amide bonds. The van der Waals surface area contributed by atoms with E-state index in [-0.39, 0.29) is 5.92 Å². The Labute approximate surface area is 379 Å². The molecule has 9 aromatic carbocycles. The van der Waals surface area contributed by atoms with Crippen LogP contribution in [0.1, 0.15) is 71.4 Å². The van der Waals surface area contributed by atoms with E-state index >= 15 is 0 Å². The van der Waals surface area contributed by atoms with Crippen molar-refractivity contribution in [3.8, 4) is 44.5 Å². The van der Waals surface area contributed by atoms with Gasteiger partial charge in [0, 0.05) is 36.9 Å². The summed E-state index contributed by atoms with van der Waals surface area (Å²) in [5.74, 6) is 0.979. The van der Waals surface area contributed by atoms with Gasteiger partial charge in [0.1, 0.15) is 11.2 Å². The van der Waals surface area contributed by atoms with Crippen molar-refractivity contribution in [3.63, 3.8) is 0 Å². The maximum Gasteiger partial charge on any atom is 0.135 e. The summed E-state index contributed by atoms with van der Waals surface area (Å²) in [6.45, 7) is 7.04. The molecule has 2 heterocycles. The second-order valence-corrected chi connectivity index (χ2v) is 19.0. The zero-order valence-corrected chi connectivity index (χ0v) is 37.3. The predicted molar refractivity (Wildman–Crippen MR) is 273 cm³/mol. The highest BCUT2D eigenvalue weighted by atomic mass is 32.1. The molecule has 0 fully saturated rings. The highest BCUT2D eigenvalue weighted by Crippen LogP contribution is 2.48. The summed E-state index contributed by atoms with van der Waals surface area (Å²) in [6.07, 6.45) is 2.00. The van der Waals surface area contributed by atoms with Crippen molar-refractivity contribution in [3.05, 3.63) is 228 Å². The average molecular weight is 841 g/mol. The molecule has 64 heavy (non-hydrogen) atoms. The smallest absolute Gasteiger partial charge is 0.135 e. The summed E-state index contributed by atoms with van der Waals surface area (Å²) < 4.78 is 8.94. The fourth-order valence-electron chi connectivity index (χ4n) is 11.0. The van der Waals surface area contributed by atoms with Gasteiger partial charge in [-0.15, -0.1) is 11.3 Å². The number of furan rings is 1. The van der Waals surface area contributed by atoms with Gasteiger partial charge in [-0.3, -0.25) is 0 Å². The average Bonchev–Trinajstić information content (AvgIpc) is 3.88. The third-order valence-corrected chi connectivity index (χ3v) is 15.5. The molecule has 1 nitrogen and oxygen atoms in total. The Hall–Kier alpha value is -7.00. The van der Waals surface area contributed by atoms with E-state index in [1.54, 1.807) is 0 Å². The molecule has 0 bridgehead atoms. The Morgan fingerprint density at radius 2 is 1.22 bits per heavy atom. The zero-order valence-electron chi connectivity index (χ0n) is 36.4. The first-order chi connectivity index (χ1) is 31.5. The number of hydrogen-bond donors (Lipinski definition) is 0. The van der Waals surface area contributed by atoms with Crippen LogP contribution in [-0.4, -0.2) is 0 Å². The lowest BCUT2D eigenvalue weighted by molar-refractivity contribution is 0.579. The molecule has 12 rings (SSSR count). The molecular formula is C62H48OS. The standard InChI is InChI=1S/C62H48OS/c1-4-46(45-36-55(62-58(37-45)52-23-13-15-25-61(52)64-62)44-29-31-60-57(35-44)51-22-12-14-24-59(51)63-60)49-20-10-11-21-50(49)53-32-41(27-26-38(53)2)42-28-30-47-39(3)54(40-16-6-5-7-17-40)34-43-18-8-9-19-48(43)56(47)33-42/h5-33,35-37,39,46,54H,4,34H2,1-3H3. The first-order valence-electron chi connectivity index (χ1n) is 22.8. The van der Waals surface area contributed by atoms with Gasteiger partial charge in [0.2, 0.25) is 0 Å². The van der Waals surface area contributed by atoms with Gasteiger partial charge in [-0.25, -0.2) is 0 Å². The van der Waals surface area contributed by atoms with E-state index in [0.717, 1.165) is 34.8 Å². The summed E-state index contributed by atoms with van der Waals surface area (Å²) in [6, 6.07) is 72.7. The van der Waals surface area contributed by atoms with Gasteiger partial charge in [-0.05, 0) is 158 Å². The van der Waals surface area contributed by atoms with Gasteiger partial charge < -0.3 is 4.42 Å². The predicted octanol–water partition coefficient (Wildman–Crippen LogP) is 17.9. The molecule has 0 saturated carbocycles. The van der Waals surface area contributed by atoms with Gasteiger partial charge >= 0.3 is 0 Å². The third kappa shape index (κ3) is 6.42. The first-order valence-corrected chi connectivity index (χ1v) is 23.7. The van der Waals surface area contributed by atoms with Gasteiger partial charge in [0.15, 0.2) is 0 Å². The van der Waals surface area contributed by atoms with Crippen LogP contribution >= 0.6 is 11.3 Å². The molecular weight excluding hydrogens is 793 g/mol. The van der Waals surface area contributed by atoms with Crippen molar-refractivity contribution in [2.75, 3.05) is 0 Å². The molecule has 0 N–H and O–H groups in total. The van der Waals surface area contributed by atoms with Gasteiger partial charge in [0.05, 0.1) is 0 Å². The van der Waals surface area contributed by atoms with Crippen LogP contribution in [0.2, 0.25) is 0 Å². The molecule has 0 radical (unpaired) electrons. The van der Waals surface area contributed by atoms with Crippen LogP contribution in [0, 0.1) is 6.92 Å². The van der Waals surface area contributed by atoms with Crippen LogP contribution in [0.5, 0.6) is 0 Å². The van der Waals surface area contributed by atoms with Gasteiger partial charge in [0.25, 0.3) is 0 Å². The van der Waals surface area contributed by atoms with E-state index in [4.69, 9.17) is 4.42 Å². The summed E-state index contributed by atoms with van der Waals surface area (Å²) in [4.78, 5) is 0. The van der Waals surface area contributed by atoms with E-state index in [1.165, 1.54) is 98.1 Å². The molecule has 3 atom stereocenters. The lowest BCUT2D eigenvalue weighted by atomic mass is 9.80. The molecule has 308 valence electrons. The molecule has 1 aliphatic carbocycles. The lowest BCUT2D eigenvalue weighted by Gasteiger charge is -2.24. The molecule has 1 aliphatic rings. The third-order valence-electron chi connectivity index (χ3n) is 14.3. The highest BCUT2D eigenvalue weighted by Gasteiger charge is 2.29. The van der Waals surface area contributed by atoms with Gasteiger partial charge in [-0.1, -0.05) is 159 Å². The van der Waals surface area contributed by atoms with Crippen molar-refractivity contribution >= 4 is 53.4 Å². The number of para-hydroxylation sites is 1. The van der Waals surface area contributed by atoms with Crippen molar-refractivity contribution in [2.24, 2.45) is 0 Å². The van der Waals surface area contributed by atoms with E-state index in [2.05, 4.69) is 209 Å². The number of thiophene rings is 1. The normalized spacial score (nSPS) is 15.4. The maximum atomic E-state index is 6.29. The summed E-state index contributed by atoms with van der Waals surface area (Å²) in [7, 11) is 0. The topological polar surface area (TPSA) is 13.1 Å². The van der Waals surface area contributed by atoms with Crippen molar-refractivity contribution < 1.29 is 4.42 Å². The molecule has 0 aliphatic heterocycles. The molecule has 2 heteroatoms. The SMILES string of the molecule is CCC(c1cc(-c2ccc3oc4ccccc4c3c2)c2sc3ccccc3c2c1)c1ccccc1-c1cc(-c2ccc3c(c2)-c2ccccc2CC(c2ccccc2)C3C)ccc1C. The van der Waals surface area contributed by atoms with E-state index < -0.39 is 0 Å². The summed E-state index contributed by atoms with van der Waals surface area (Å²) >= 11 is 1.90. The maximum absolute atomic E-state index is 6.29. The minimum atomic E-state index is 0.183. The molecule has 2 aromatic heterocycles. The van der Waals surface area contributed by atoms with Crippen LogP contribution in [0.3, 0.4) is 0 Å². The van der Waals surface area contributed by atoms with Gasteiger partial charge in [-0.2, -0.15) is 0 Å². The van der Waals surface area contributed by atoms with Crippen LogP contribution in [0.15, 0.2) is 199 Å². The number of benzene rings is 9.